The first kappa shape index (κ1) is 10.9. The molecule has 1 aliphatic rings. The fraction of sp³-hybridized carbons (Fsp3) is 0.727. The minimum atomic E-state index is 0.0596. The van der Waals surface area contributed by atoms with E-state index in [0.717, 1.165) is 23.3 Å². The maximum atomic E-state index is 9.24. The van der Waals surface area contributed by atoms with Gasteiger partial charge in [0.25, 0.3) is 0 Å². The van der Waals surface area contributed by atoms with Crippen LogP contribution in [-0.4, -0.2) is 14.7 Å². The van der Waals surface area contributed by atoms with Gasteiger partial charge in [0.1, 0.15) is 0 Å². The van der Waals surface area contributed by atoms with E-state index < -0.39 is 0 Å². The van der Waals surface area contributed by atoms with Crippen molar-refractivity contribution in [3.05, 3.63) is 16.7 Å². The summed E-state index contributed by atoms with van der Waals surface area (Å²) in [6.45, 7) is 4.65. The van der Waals surface area contributed by atoms with Gasteiger partial charge < -0.3 is 14.7 Å². The van der Waals surface area contributed by atoms with Gasteiger partial charge in [-0.2, -0.15) is 0 Å². The Morgan fingerprint density at radius 1 is 1.67 bits per heavy atom. The molecule has 0 aliphatic heterocycles. The van der Waals surface area contributed by atoms with Crippen molar-refractivity contribution in [2.75, 3.05) is 0 Å². The van der Waals surface area contributed by atoms with Gasteiger partial charge in [0.2, 0.25) is 0 Å². The van der Waals surface area contributed by atoms with Gasteiger partial charge in [-0.05, 0) is 36.9 Å². The molecule has 0 bridgehead atoms. The van der Waals surface area contributed by atoms with E-state index in [1.165, 1.54) is 6.42 Å². The van der Waals surface area contributed by atoms with Crippen LogP contribution < -0.4 is 0 Å². The Hall–Kier alpha value is -0.610. The van der Waals surface area contributed by atoms with Crippen molar-refractivity contribution >= 4 is 12.2 Å². The molecule has 4 heteroatoms. The zero-order valence-electron chi connectivity index (χ0n) is 9.29. The Morgan fingerprint density at radius 3 is 2.93 bits per heavy atom. The number of imidazole rings is 1. The van der Waals surface area contributed by atoms with Gasteiger partial charge in [-0.3, -0.25) is 0 Å². The third-order valence-corrected chi connectivity index (χ3v) is 3.67. The second kappa shape index (κ2) is 3.76. The van der Waals surface area contributed by atoms with Crippen LogP contribution in [0.3, 0.4) is 0 Å². The Kier molecular flexibility index (Phi) is 2.73. The van der Waals surface area contributed by atoms with Crippen LogP contribution in [-0.2, 0) is 6.61 Å². The lowest BCUT2D eigenvalue weighted by Gasteiger charge is -2.19. The number of H-pyrrole nitrogens is 1. The van der Waals surface area contributed by atoms with Gasteiger partial charge in [0.15, 0.2) is 4.77 Å². The molecule has 0 aromatic carbocycles. The number of aliphatic hydroxyl groups excluding tert-OH is 1. The van der Waals surface area contributed by atoms with Crippen molar-refractivity contribution in [2.24, 2.45) is 5.41 Å². The summed E-state index contributed by atoms with van der Waals surface area (Å²) < 4.78 is 2.83. The number of nitrogens with one attached hydrogen (secondary N) is 1. The average molecular weight is 226 g/mol. The molecule has 1 unspecified atom stereocenters. The van der Waals surface area contributed by atoms with Gasteiger partial charge >= 0.3 is 0 Å². The normalized spacial score (nSPS) is 24.6. The maximum Gasteiger partial charge on any atom is 0.177 e. The molecule has 1 heterocycles. The SMILES string of the molecule is CC1(C)CCC(n2c(CO)c[nH]c2=S)C1. The number of hydrogen-bond donors (Lipinski definition) is 2. The fourth-order valence-electron chi connectivity index (χ4n) is 2.56. The van der Waals surface area contributed by atoms with Crippen molar-refractivity contribution in [1.82, 2.24) is 9.55 Å². The first-order valence-corrected chi connectivity index (χ1v) is 5.84. The first-order chi connectivity index (χ1) is 7.03. The second-order valence-corrected chi connectivity index (χ2v) is 5.56. The average Bonchev–Trinajstić information content (AvgIpc) is 2.69. The van der Waals surface area contributed by atoms with Gasteiger partial charge in [0.05, 0.1) is 12.3 Å². The Morgan fingerprint density at radius 2 is 2.40 bits per heavy atom. The molecule has 1 aromatic rings. The largest absolute Gasteiger partial charge is 0.390 e. The zero-order valence-corrected chi connectivity index (χ0v) is 10.1. The lowest BCUT2D eigenvalue weighted by atomic mass is 9.92. The van der Waals surface area contributed by atoms with E-state index in [9.17, 15) is 5.11 Å². The highest BCUT2D eigenvalue weighted by atomic mass is 32.1. The summed E-state index contributed by atoms with van der Waals surface area (Å²) >= 11 is 5.25. The van der Waals surface area contributed by atoms with Crippen molar-refractivity contribution in [3.63, 3.8) is 0 Å². The molecule has 1 fully saturated rings. The molecule has 2 rings (SSSR count). The molecule has 1 atom stereocenters. The lowest BCUT2D eigenvalue weighted by Crippen LogP contribution is -2.11. The van der Waals surface area contributed by atoms with Crippen LogP contribution in [0.15, 0.2) is 6.20 Å². The highest BCUT2D eigenvalue weighted by Crippen LogP contribution is 2.43. The zero-order chi connectivity index (χ0) is 11.1. The molecular weight excluding hydrogens is 208 g/mol. The first-order valence-electron chi connectivity index (χ1n) is 5.43. The highest BCUT2D eigenvalue weighted by Gasteiger charge is 2.32. The molecule has 2 N–H and O–H groups in total. The molecule has 1 aliphatic carbocycles. The Balaban J connectivity index is 2.31. The summed E-state index contributed by atoms with van der Waals surface area (Å²) in [5, 5.41) is 9.24. The third-order valence-electron chi connectivity index (χ3n) is 3.36. The van der Waals surface area contributed by atoms with Crippen LogP contribution in [0.25, 0.3) is 0 Å². The van der Waals surface area contributed by atoms with Crippen molar-refractivity contribution in [3.8, 4) is 0 Å². The topological polar surface area (TPSA) is 41.0 Å². The number of nitrogens with zero attached hydrogens (tertiary/aromatic N) is 1. The predicted octanol–water partition coefficient (Wildman–Crippen LogP) is 2.79. The van der Waals surface area contributed by atoms with E-state index in [1.54, 1.807) is 0 Å². The highest BCUT2D eigenvalue weighted by molar-refractivity contribution is 7.71. The van der Waals surface area contributed by atoms with Gasteiger partial charge in [-0.1, -0.05) is 13.8 Å². The molecule has 0 amide bonds. The molecule has 84 valence electrons. The quantitative estimate of drug-likeness (QED) is 0.761. The van der Waals surface area contributed by atoms with Crippen molar-refractivity contribution in [2.45, 2.75) is 45.8 Å². The number of hydrogen-bond acceptors (Lipinski definition) is 2. The van der Waals surface area contributed by atoms with Crippen LogP contribution in [0.5, 0.6) is 0 Å². The Labute approximate surface area is 95.1 Å². The summed E-state index contributed by atoms with van der Waals surface area (Å²) in [7, 11) is 0. The molecule has 15 heavy (non-hydrogen) atoms. The van der Waals surface area contributed by atoms with Crippen LogP contribution in [0.1, 0.15) is 44.8 Å². The van der Waals surface area contributed by atoms with E-state index in [4.69, 9.17) is 12.2 Å². The molecule has 1 aromatic heterocycles. The molecule has 0 saturated heterocycles. The summed E-state index contributed by atoms with van der Waals surface area (Å²) in [5.74, 6) is 0. The molecule has 0 spiro atoms. The molecule has 1 saturated carbocycles. The Bertz CT molecular complexity index is 405. The lowest BCUT2D eigenvalue weighted by molar-refractivity contribution is 0.263. The van der Waals surface area contributed by atoms with Crippen LogP contribution in [0.2, 0.25) is 0 Å². The van der Waals surface area contributed by atoms with E-state index >= 15 is 0 Å². The van der Waals surface area contributed by atoms with Crippen LogP contribution in [0.4, 0.5) is 0 Å². The third kappa shape index (κ3) is 2.01. The summed E-state index contributed by atoms with van der Waals surface area (Å²) in [6, 6.07) is 0.459. The smallest absolute Gasteiger partial charge is 0.177 e. The number of aromatic nitrogens is 2. The molecular formula is C11H18N2OS. The summed E-state index contributed by atoms with van der Waals surface area (Å²) in [4.78, 5) is 3.01. The fourth-order valence-corrected chi connectivity index (χ4v) is 2.88. The van der Waals surface area contributed by atoms with Crippen LogP contribution in [0, 0.1) is 10.2 Å². The van der Waals surface area contributed by atoms with Crippen molar-refractivity contribution < 1.29 is 5.11 Å². The second-order valence-electron chi connectivity index (χ2n) is 5.17. The van der Waals surface area contributed by atoms with Crippen molar-refractivity contribution in [1.29, 1.82) is 0 Å². The standard InChI is InChI=1S/C11H18N2OS/c1-11(2)4-3-8(5-11)13-9(7-14)6-12-10(13)15/h6,8,14H,3-5,7H2,1-2H3,(H,12,15). The molecule has 0 radical (unpaired) electrons. The predicted molar refractivity (Wildman–Crippen MR) is 62.2 cm³/mol. The monoisotopic (exact) mass is 226 g/mol. The van der Waals surface area contributed by atoms with Gasteiger partial charge in [0, 0.05) is 12.2 Å². The summed E-state index contributed by atoms with van der Waals surface area (Å²) in [6.07, 6.45) is 5.35. The van der Waals surface area contributed by atoms with E-state index in [-0.39, 0.29) is 6.61 Å². The minimum absolute atomic E-state index is 0.0596. The van der Waals surface area contributed by atoms with Gasteiger partial charge in [-0.25, -0.2) is 0 Å². The van der Waals surface area contributed by atoms with E-state index in [1.807, 2.05) is 6.20 Å². The van der Waals surface area contributed by atoms with E-state index in [0.29, 0.717) is 11.5 Å². The number of aliphatic hydroxyl groups is 1. The maximum absolute atomic E-state index is 9.24. The van der Waals surface area contributed by atoms with Crippen LogP contribution >= 0.6 is 12.2 Å². The minimum Gasteiger partial charge on any atom is -0.390 e. The number of aromatic amines is 1. The van der Waals surface area contributed by atoms with E-state index in [2.05, 4.69) is 23.4 Å². The van der Waals surface area contributed by atoms with Gasteiger partial charge in [-0.15, -0.1) is 0 Å². The summed E-state index contributed by atoms with van der Waals surface area (Å²) in [5.41, 5.74) is 1.31. The molecule has 3 nitrogen and oxygen atoms in total. The number of rotatable bonds is 2.